The Balaban J connectivity index is 1.85. The molecule has 0 fully saturated rings. The lowest BCUT2D eigenvalue weighted by Gasteiger charge is -2.19. The third-order valence-corrected chi connectivity index (χ3v) is 3.25. The Labute approximate surface area is 135 Å². The minimum atomic E-state index is -0.568. The average Bonchev–Trinajstić information content (AvgIpc) is 2.51. The molecule has 1 aromatic heterocycles. The molecule has 0 atom stereocenters. The second-order valence-corrected chi connectivity index (χ2v) is 6.05. The number of hydrogen-bond donors (Lipinski definition) is 0. The summed E-state index contributed by atoms with van der Waals surface area (Å²) in [5.41, 5.74) is 1.33. The third kappa shape index (κ3) is 4.67. The van der Waals surface area contributed by atoms with Gasteiger partial charge in [-0.2, -0.15) is 0 Å². The Hall–Kier alpha value is -2.63. The van der Waals surface area contributed by atoms with Crippen LogP contribution in [0.4, 0.5) is 5.82 Å². The van der Waals surface area contributed by atoms with Crippen LogP contribution in [0.5, 0.6) is 11.5 Å². The molecular formula is C17H20N2O4. The predicted molar refractivity (Wildman–Crippen MR) is 87.0 cm³/mol. The fourth-order valence-corrected chi connectivity index (χ4v) is 1.99. The van der Waals surface area contributed by atoms with Crippen LogP contribution in [0, 0.1) is 10.1 Å². The molecule has 0 N–H and O–H groups in total. The van der Waals surface area contributed by atoms with E-state index in [4.69, 9.17) is 9.47 Å². The summed E-state index contributed by atoms with van der Waals surface area (Å²) in [5.74, 6) is 0.591. The molecule has 0 unspecified atom stereocenters. The lowest BCUT2D eigenvalue weighted by atomic mass is 9.87. The molecular weight excluding hydrogens is 296 g/mol. The molecule has 0 radical (unpaired) electrons. The summed E-state index contributed by atoms with van der Waals surface area (Å²) in [6.45, 7) is 6.95. The summed E-state index contributed by atoms with van der Waals surface area (Å²) >= 11 is 0. The van der Waals surface area contributed by atoms with Crippen LogP contribution in [0.2, 0.25) is 0 Å². The van der Waals surface area contributed by atoms with Crippen molar-refractivity contribution in [1.29, 1.82) is 0 Å². The normalized spacial score (nSPS) is 11.1. The van der Waals surface area contributed by atoms with Gasteiger partial charge in [-0.3, -0.25) is 0 Å². The molecule has 0 aliphatic carbocycles. The predicted octanol–water partition coefficient (Wildman–Crippen LogP) is 3.75. The van der Waals surface area contributed by atoms with Gasteiger partial charge in [-0.05, 0) is 45.2 Å². The van der Waals surface area contributed by atoms with Crippen LogP contribution in [-0.2, 0) is 5.41 Å². The van der Waals surface area contributed by atoms with E-state index in [2.05, 4.69) is 25.8 Å². The number of nitrogens with zero attached hydrogens (tertiary/aromatic N) is 2. The molecule has 1 aromatic carbocycles. The van der Waals surface area contributed by atoms with E-state index >= 15 is 0 Å². The van der Waals surface area contributed by atoms with Crippen molar-refractivity contribution in [2.24, 2.45) is 0 Å². The van der Waals surface area contributed by atoms with Gasteiger partial charge in [0.2, 0.25) is 5.75 Å². The molecule has 0 spiro atoms. The molecule has 6 nitrogen and oxygen atoms in total. The molecule has 0 saturated heterocycles. The molecule has 0 amide bonds. The number of rotatable bonds is 6. The zero-order valence-corrected chi connectivity index (χ0v) is 13.5. The maximum Gasteiger partial charge on any atom is 0.406 e. The first-order valence-corrected chi connectivity index (χ1v) is 7.33. The second-order valence-electron chi connectivity index (χ2n) is 6.05. The SMILES string of the molecule is CC(C)(C)c1ccc(OCCOc2cccnc2[N+](=O)[O-])cc1. The van der Waals surface area contributed by atoms with Crippen molar-refractivity contribution in [2.75, 3.05) is 13.2 Å². The van der Waals surface area contributed by atoms with Gasteiger partial charge in [0.25, 0.3) is 0 Å². The van der Waals surface area contributed by atoms with Gasteiger partial charge in [0.15, 0.2) is 0 Å². The highest BCUT2D eigenvalue weighted by Gasteiger charge is 2.15. The Morgan fingerprint density at radius 1 is 1.09 bits per heavy atom. The smallest absolute Gasteiger partial charge is 0.406 e. The van der Waals surface area contributed by atoms with Gasteiger partial charge in [0.05, 0.1) is 0 Å². The van der Waals surface area contributed by atoms with Gasteiger partial charge >= 0.3 is 5.82 Å². The van der Waals surface area contributed by atoms with Gasteiger partial charge in [0, 0.05) is 0 Å². The van der Waals surface area contributed by atoms with Crippen LogP contribution in [-0.4, -0.2) is 23.1 Å². The van der Waals surface area contributed by atoms with Crippen molar-refractivity contribution in [1.82, 2.24) is 4.98 Å². The quantitative estimate of drug-likeness (QED) is 0.461. The van der Waals surface area contributed by atoms with Crippen LogP contribution >= 0.6 is 0 Å². The van der Waals surface area contributed by atoms with Crippen LogP contribution in [0.15, 0.2) is 42.6 Å². The van der Waals surface area contributed by atoms with E-state index in [0.29, 0.717) is 6.61 Å². The van der Waals surface area contributed by atoms with E-state index in [0.717, 1.165) is 5.75 Å². The highest BCUT2D eigenvalue weighted by Crippen LogP contribution is 2.25. The number of hydrogen-bond acceptors (Lipinski definition) is 5. The van der Waals surface area contributed by atoms with Gasteiger partial charge in [0.1, 0.15) is 25.2 Å². The first-order chi connectivity index (χ1) is 10.9. The lowest BCUT2D eigenvalue weighted by molar-refractivity contribution is -0.390. The van der Waals surface area contributed by atoms with E-state index in [1.807, 2.05) is 24.3 Å². The van der Waals surface area contributed by atoms with E-state index in [9.17, 15) is 10.1 Å². The number of nitro groups is 1. The van der Waals surface area contributed by atoms with Crippen molar-refractivity contribution in [2.45, 2.75) is 26.2 Å². The van der Waals surface area contributed by atoms with Crippen LogP contribution < -0.4 is 9.47 Å². The van der Waals surface area contributed by atoms with Crippen molar-refractivity contribution < 1.29 is 14.4 Å². The first kappa shape index (κ1) is 16.7. The van der Waals surface area contributed by atoms with Gasteiger partial charge in [-0.25, -0.2) is 0 Å². The van der Waals surface area contributed by atoms with E-state index in [1.54, 1.807) is 6.07 Å². The zero-order valence-electron chi connectivity index (χ0n) is 13.5. The molecule has 23 heavy (non-hydrogen) atoms. The summed E-state index contributed by atoms with van der Waals surface area (Å²) in [5, 5.41) is 10.8. The summed E-state index contributed by atoms with van der Waals surface area (Å²) < 4.78 is 10.9. The third-order valence-electron chi connectivity index (χ3n) is 3.25. The fraction of sp³-hybridized carbons (Fsp3) is 0.353. The van der Waals surface area contributed by atoms with Gasteiger partial charge < -0.3 is 19.6 Å². The highest BCUT2D eigenvalue weighted by atomic mass is 16.6. The molecule has 1 heterocycles. The van der Waals surface area contributed by atoms with Crippen molar-refractivity contribution >= 4 is 5.82 Å². The van der Waals surface area contributed by atoms with Crippen molar-refractivity contribution in [3.8, 4) is 11.5 Å². The van der Waals surface area contributed by atoms with E-state index < -0.39 is 4.92 Å². The molecule has 122 valence electrons. The molecule has 0 aliphatic rings. The summed E-state index contributed by atoms with van der Waals surface area (Å²) in [6, 6.07) is 11.0. The fourth-order valence-electron chi connectivity index (χ4n) is 1.99. The first-order valence-electron chi connectivity index (χ1n) is 7.33. The average molecular weight is 316 g/mol. The number of benzene rings is 1. The zero-order chi connectivity index (χ0) is 16.9. The standard InChI is InChI=1S/C17H20N2O4/c1-17(2,3)13-6-8-14(9-7-13)22-11-12-23-15-5-4-10-18-16(15)19(20)21/h4-10H,11-12H2,1-3H3. The van der Waals surface area contributed by atoms with Crippen molar-refractivity contribution in [3.05, 3.63) is 58.3 Å². The Bertz CT molecular complexity index is 663. The van der Waals surface area contributed by atoms with Crippen LogP contribution in [0.3, 0.4) is 0 Å². The molecule has 6 heteroatoms. The Morgan fingerprint density at radius 3 is 2.35 bits per heavy atom. The Kier molecular flexibility index (Phi) is 5.16. The minimum Gasteiger partial charge on any atom is -0.490 e. The maximum atomic E-state index is 10.8. The summed E-state index contributed by atoms with van der Waals surface area (Å²) in [7, 11) is 0. The molecule has 0 aliphatic heterocycles. The monoisotopic (exact) mass is 316 g/mol. The number of ether oxygens (including phenoxy) is 2. The summed E-state index contributed by atoms with van der Waals surface area (Å²) in [6.07, 6.45) is 1.36. The molecule has 2 aromatic rings. The minimum absolute atomic E-state index is 0.0981. The topological polar surface area (TPSA) is 74.5 Å². The molecule has 0 saturated carbocycles. The molecule has 2 rings (SSSR count). The van der Waals surface area contributed by atoms with Gasteiger partial charge in [-0.1, -0.05) is 32.9 Å². The van der Waals surface area contributed by atoms with Crippen LogP contribution in [0.1, 0.15) is 26.3 Å². The summed E-state index contributed by atoms with van der Waals surface area (Å²) in [4.78, 5) is 13.9. The van der Waals surface area contributed by atoms with Crippen LogP contribution in [0.25, 0.3) is 0 Å². The lowest BCUT2D eigenvalue weighted by Crippen LogP contribution is -2.12. The maximum absolute atomic E-state index is 10.8. The second kappa shape index (κ2) is 7.09. The highest BCUT2D eigenvalue weighted by molar-refractivity contribution is 5.38. The van der Waals surface area contributed by atoms with Crippen molar-refractivity contribution in [3.63, 3.8) is 0 Å². The molecule has 0 bridgehead atoms. The Morgan fingerprint density at radius 2 is 1.74 bits per heavy atom. The van der Waals surface area contributed by atoms with Gasteiger partial charge in [-0.15, -0.1) is 0 Å². The number of pyridine rings is 1. The largest absolute Gasteiger partial charge is 0.490 e. The van der Waals surface area contributed by atoms with E-state index in [-0.39, 0.29) is 23.6 Å². The van der Waals surface area contributed by atoms with E-state index in [1.165, 1.54) is 17.8 Å². The number of aromatic nitrogens is 1.